The highest BCUT2D eigenvalue weighted by Crippen LogP contribution is 2.25. The number of esters is 1. The number of benzene rings is 4. The van der Waals surface area contributed by atoms with Gasteiger partial charge in [0.05, 0.1) is 46.6 Å². The van der Waals surface area contributed by atoms with Crippen LogP contribution in [0.2, 0.25) is 0 Å². The van der Waals surface area contributed by atoms with E-state index in [0.29, 0.717) is 77.8 Å². The zero-order chi connectivity index (χ0) is 50.4. The second kappa shape index (κ2) is 24.2. The number of carbonyl (C=O) groups excluding carboxylic acids is 5. The summed E-state index contributed by atoms with van der Waals surface area (Å²) in [5.74, 6) is 0.131. The van der Waals surface area contributed by atoms with Crippen LogP contribution in [0.3, 0.4) is 0 Å². The number of nitrogens with one attached hydrogen (secondary N) is 4. The zero-order valence-electron chi connectivity index (χ0n) is 39.2. The molecule has 0 aliphatic carbocycles. The second-order valence-electron chi connectivity index (χ2n) is 16.1. The summed E-state index contributed by atoms with van der Waals surface area (Å²) in [4.78, 5) is 68.4. The number of rotatable bonds is 17. The first-order valence-electron chi connectivity index (χ1n) is 22.2. The van der Waals surface area contributed by atoms with E-state index >= 15 is 0 Å². The molecule has 22 heteroatoms. The lowest BCUT2D eigenvalue weighted by atomic mass is 10.1. The molecule has 3 aliphatic heterocycles. The van der Waals surface area contributed by atoms with Crippen molar-refractivity contribution in [2.24, 2.45) is 0 Å². The number of cyclic esters (lactones) is 2. The van der Waals surface area contributed by atoms with Crippen LogP contribution in [0.5, 0.6) is 11.5 Å². The minimum atomic E-state index is -3.63. The minimum absolute atomic E-state index is 0.0364. The molecule has 3 aliphatic rings. The first-order chi connectivity index (χ1) is 33.5. The fraction of sp³-hybridized carbons (Fsp3) is 0.354. The first kappa shape index (κ1) is 52.0. The molecular formula is C48H56N8O13S. The molecule has 0 bridgehead atoms. The molecule has 4 aromatic carbocycles. The Hall–Kier alpha value is -7.40. The molecule has 4 aromatic rings. The number of amides is 4. The number of hydrogen-bond donors (Lipinski definition) is 4. The summed E-state index contributed by atoms with van der Waals surface area (Å²) in [7, 11) is -0.554. The van der Waals surface area contributed by atoms with Crippen LogP contribution in [0.1, 0.15) is 45.2 Å². The molecule has 0 spiro atoms. The molecule has 4 N–H and O–H groups in total. The molecule has 0 radical (unpaired) electrons. The van der Waals surface area contributed by atoms with Crippen molar-refractivity contribution in [3.05, 3.63) is 119 Å². The van der Waals surface area contributed by atoms with Crippen LogP contribution in [0, 0.1) is 10.8 Å². The summed E-state index contributed by atoms with van der Waals surface area (Å²) in [5, 5.41) is 21.5. The van der Waals surface area contributed by atoms with Crippen molar-refractivity contribution in [3.63, 3.8) is 0 Å². The van der Waals surface area contributed by atoms with Crippen molar-refractivity contribution in [1.29, 1.82) is 10.8 Å². The highest BCUT2D eigenvalue weighted by Gasteiger charge is 2.35. The third kappa shape index (κ3) is 14.8. The smallest absolute Gasteiger partial charge is 0.414 e. The largest absolute Gasteiger partial charge is 0.497 e. The summed E-state index contributed by atoms with van der Waals surface area (Å²) in [5.41, 5.74) is 2.93. The van der Waals surface area contributed by atoms with Crippen molar-refractivity contribution in [2.75, 3.05) is 95.8 Å². The zero-order valence-corrected chi connectivity index (χ0v) is 40.0. The fourth-order valence-electron chi connectivity index (χ4n) is 7.43. The van der Waals surface area contributed by atoms with Crippen molar-refractivity contribution < 1.29 is 60.3 Å². The average molecular weight is 985 g/mol. The first-order valence-corrected chi connectivity index (χ1v) is 24.0. The standard InChI is InChI=1S/C28H35N5O6.C20H21N3O7S/c1-3-38-25(34)12-13-31-14-16-32(17-15-31)18-24-19-33(28(36)39-24)22-8-4-20(5-9-22)26(29)30-27(35)21-6-10-23(37-2)11-7-21;1-28-16-9-5-14(6-10-16)19(24)22-18(21)13-3-7-15(8-4-13)23-11-17(30-20(23)25)12-29-31(2,26)27/h4-11,24H,3,12-19H2,1-2H3,(H2,29,30,35);3-10,17H,11-12H2,1-2H3,(H2,21,22,24). The number of carbonyl (C=O) groups is 5. The molecule has 0 aromatic heterocycles. The second-order valence-corrected chi connectivity index (χ2v) is 17.8. The van der Waals surface area contributed by atoms with Crippen LogP contribution in [-0.4, -0.2) is 158 Å². The van der Waals surface area contributed by atoms with Crippen LogP contribution in [-0.2, 0) is 33.3 Å². The molecule has 21 nitrogen and oxygen atoms in total. The lowest BCUT2D eigenvalue weighted by Gasteiger charge is -2.35. The quantitative estimate of drug-likeness (QED) is 0.0382. The maximum atomic E-state index is 12.6. The van der Waals surface area contributed by atoms with E-state index in [1.165, 1.54) is 12.0 Å². The Morgan fingerprint density at radius 3 is 1.49 bits per heavy atom. The summed E-state index contributed by atoms with van der Waals surface area (Å²) in [6.45, 7) is 7.24. The third-order valence-corrected chi connectivity index (χ3v) is 11.8. The van der Waals surface area contributed by atoms with Crippen LogP contribution in [0.25, 0.3) is 0 Å². The topological polar surface area (TPSA) is 260 Å². The van der Waals surface area contributed by atoms with E-state index in [-0.39, 0.29) is 36.9 Å². The molecule has 4 amide bonds. The van der Waals surface area contributed by atoms with Gasteiger partial charge in [0.1, 0.15) is 42.0 Å². The third-order valence-electron chi connectivity index (χ3n) is 11.2. The van der Waals surface area contributed by atoms with Gasteiger partial charge in [-0.25, -0.2) is 9.59 Å². The summed E-state index contributed by atoms with van der Waals surface area (Å²) in [6, 6.07) is 26.4. The Bertz CT molecular complexity index is 2610. The Morgan fingerprint density at radius 1 is 0.643 bits per heavy atom. The summed E-state index contributed by atoms with van der Waals surface area (Å²) < 4.78 is 52.7. The lowest BCUT2D eigenvalue weighted by molar-refractivity contribution is -0.143. The molecule has 3 saturated heterocycles. The van der Waals surface area contributed by atoms with E-state index < -0.39 is 40.2 Å². The van der Waals surface area contributed by atoms with E-state index in [2.05, 4.69) is 24.6 Å². The van der Waals surface area contributed by atoms with E-state index in [4.69, 9.17) is 34.5 Å². The van der Waals surface area contributed by atoms with Gasteiger partial charge in [-0.3, -0.25) is 44.1 Å². The van der Waals surface area contributed by atoms with Crippen molar-refractivity contribution in [1.82, 2.24) is 20.4 Å². The van der Waals surface area contributed by atoms with Gasteiger partial charge in [-0.2, -0.15) is 8.42 Å². The number of methoxy groups -OCH3 is 2. The van der Waals surface area contributed by atoms with E-state index in [9.17, 15) is 32.4 Å². The van der Waals surface area contributed by atoms with Crippen LogP contribution >= 0.6 is 0 Å². The van der Waals surface area contributed by atoms with Crippen molar-refractivity contribution >= 4 is 63.1 Å². The number of nitrogens with zero attached hydrogens (tertiary/aromatic N) is 4. The number of hydrogen-bond acceptors (Lipinski definition) is 17. The van der Waals surface area contributed by atoms with Gasteiger partial charge in [-0.1, -0.05) is 0 Å². The monoisotopic (exact) mass is 984 g/mol. The Kier molecular flexibility index (Phi) is 18.0. The average Bonchev–Trinajstić information content (AvgIpc) is 3.93. The van der Waals surface area contributed by atoms with Gasteiger partial charge in [0.15, 0.2) is 0 Å². The van der Waals surface area contributed by atoms with Gasteiger partial charge < -0.3 is 39.2 Å². The molecule has 70 heavy (non-hydrogen) atoms. The van der Waals surface area contributed by atoms with E-state index in [1.807, 2.05) is 6.92 Å². The van der Waals surface area contributed by atoms with Gasteiger partial charge in [-0.15, -0.1) is 0 Å². The summed E-state index contributed by atoms with van der Waals surface area (Å²) in [6.07, 6.45) is -0.672. The minimum Gasteiger partial charge on any atom is -0.497 e. The lowest BCUT2D eigenvalue weighted by Crippen LogP contribution is -2.49. The molecule has 2 atom stereocenters. The van der Waals surface area contributed by atoms with Crippen LogP contribution < -0.4 is 29.9 Å². The molecule has 2 unspecified atom stereocenters. The SMILES string of the molecule is CCOC(=O)CCN1CCN(CC2CN(c3ccc(C(=N)NC(=O)c4ccc(OC)cc4)cc3)C(=O)O2)CC1.COc1ccc(C(=O)NC(=N)c2ccc(N3CC(COS(C)(=O)=O)OC3=O)cc2)cc1. The van der Waals surface area contributed by atoms with Gasteiger partial charge in [-0.05, 0) is 104 Å². The van der Waals surface area contributed by atoms with Gasteiger partial charge in [0.2, 0.25) is 0 Å². The number of anilines is 2. The number of ether oxygens (including phenoxy) is 5. The Morgan fingerprint density at radius 2 is 1.06 bits per heavy atom. The highest BCUT2D eigenvalue weighted by molar-refractivity contribution is 7.86. The highest BCUT2D eigenvalue weighted by atomic mass is 32.2. The normalized spacial score (nSPS) is 17.1. The van der Waals surface area contributed by atoms with E-state index in [0.717, 1.165) is 32.4 Å². The molecule has 3 heterocycles. The van der Waals surface area contributed by atoms with Crippen LogP contribution in [0.15, 0.2) is 97.1 Å². The Balaban J connectivity index is 0.000000236. The number of amidine groups is 2. The molecule has 7 rings (SSSR count). The summed E-state index contributed by atoms with van der Waals surface area (Å²) >= 11 is 0. The molecule has 0 saturated carbocycles. The van der Waals surface area contributed by atoms with E-state index in [1.54, 1.807) is 109 Å². The molecule has 3 fully saturated rings. The van der Waals surface area contributed by atoms with Gasteiger partial charge in [0.25, 0.3) is 21.9 Å². The fourth-order valence-corrected chi connectivity index (χ4v) is 7.83. The molecular weight excluding hydrogens is 929 g/mol. The van der Waals surface area contributed by atoms with Gasteiger partial charge >= 0.3 is 18.2 Å². The predicted molar refractivity (Wildman–Crippen MR) is 258 cm³/mol. The van der Waals surface area contributed by atoms with Gasteiger partial charge in [0, 0.05) is 72.9 Å². The van der Waals surface area contributed by atoms with Crippen LogP contribution in [0.4, 0.5) is 21.0 Å². The maximum absolute atomic E-state index is 12.6. The Labute approximate surface area is 405 Å². The predicted octanol–water partition coefficient (Wildman–Crippen LogP) is 4.10. The maximum Gasteiger partial charge on any atom is 0.414 e. The molecule has 372 valence electrons. The van der Waals surface area contributed by atoms with Crippen molar-refractivity contribution in [2.45, 2.75) is 25.6 Å². The number of piperazine rings is 1. The van der Waals surface area contributed by atoms with Crippen molar-refractivity contribution in [3.8, 4) is 11.5 Å².